The van der Waals surface area contributed by atoms with Crippen LogP contribution >= 0.6 is 0 Å². The fourth-order valence-electron chi connectivity index (χ4n) is 4.14. The monoisotopic (exact) mass is 511 g/mol. The van der Waals surface area contributed by atoms with Crippen LogP contribution in [0.1, 0.15) is 28.2 Å². The third kappa shape index (κ3) is 5.61. The van der Waals surface area contributed by atoms with Crippen LogP contribution in [0.15, 0.2) is 79.1 Å². The minimum Gasteiger partial charge on any atom is -0.491 e. The first-order chi connectivity index (χ1) is 17.8. The van der Waals surface area contributed by atoms with E-state index in [1.807, 2.05) is 24.3 Å². The van der Waals surface area contributed by atoms with Gasteiger partial charge in [0.05, 0.1) is 6.61 Å². The van der Waals surface area contributed by atoms with Gasteiger partial charge in [0.25, 0.3) is 12.4 Å². The van der Waals surface area contributed by atoms with E-state index in [4.69, 9.17) is 14.6 Å². The van der Waals surface area contributed by atoms with E-state index in [-0.39, 0.29) is 24.5 Å². The van der Waals surface area contributed by atoms with Gasteiger partial charge >= 0.3 is 6.36 Å². The van der Waals surface area contributed by atoms with Gasteiger partial charge in [0.1, 0.15) is 28.4 Å². The molecule has 2 N–H and O–H groups in total. The summed E-state index contributed by atoms with van der Waals surface area (Å²) in [7, 11) is 0. The summed E-state index contributed by atoms with van der Waals surface area (Å²) in [6.45, 7) is 0.0188. The van der Waals surface area contributed by atoms with Gasteiger partial charge < -0.3 is 19.9 Å². The summed E-state index contributed by atoms with van der Waals surface area (Å²) in [6, 6.07) is 18.1. The van der Waals surface area contributed by atoms with E-state index in [0.717, 1.165) is 10.8 Å². The third-order valence-electron chi connectivity index (χ3n) is 5.68. The molecule has 2 aromatic heterocycles. The molecule has 190 valence electrons. The molecule has 8 nitrogen and oxygen atoms in total. The highest BCUT2D eigenvalue weighted by atomic mass is 19.4. The molecule has 11 heteroatoms. The molecule has 1 aliphatic heterocycles. The molecule has 1 unspecified atom stereocenters. The number of ether oxygens (including phenoxy) is 2. The van der Waals surface area contributed by atoms with Crippen molar-refractivity contribution in [2.24, 2.45) is 0 Å². The van der Waals surface area contributed by atoms with Gasteiger partial charge in [-0.1, -0.05) is 36.4 Å². The Labute approximate surface area is 208 Å². The van der Waals surface area contributed by atoms with E-state index in [2.05, 4.69) is 20.0 Å². The van der Waals surface area contributed by atoms with Gasteiger partial charge in [0.15, 0.2) is 0 Å². The molecule has 0 saturated heterocycles. The van der Waals surface area contributed by atoms with Crippen molar-refractivity contribution in [2.75, 3.05) is 6.61 Å². The molecule has 1 amide bonds. The van der Waals surface area contributed by atoms with Crippen LogP contribution in [0.3, 0.4) is 0 Å². The average molecular weight is 511 g/mol. The average Bonchev–Trinajstić information content (AvgIpc) is 2.88. The molecule has 1 atom stereocenters. The number of fused-ring (bicyclic) bond motifs is 2. The van der Waals surface area contributed by atoms with Crippen LogP contribution in [0, 0.1) is 0 Å². The second kappa shape index (κ2) is 10.5. The summed E-state index contributed by atoms with van der Waals surface area (Å²) < 4.78 is 47.6. The van der Waals surface area contributed by atoms with Crippen LogP contribution in [-0.4, -0.2) is 40.4 Å². The number of aromatic nitrogens is 2. The number of halogens is 3. The fourth-order valence-corrected chi connectivity index (χ4v) is 4.14. The van der Waals surface area contributed by atoms with Gasteiger partial charge in [0, 0.05) is 24.2 Å². The van der Waals surface area contributed by atoms with E-state index in [1.54, 1.807) is 30.6 Å². The molecule has 0 saturated carbocycles. The van der Waals surface area contributed by atoms with E-state index in [9.17, 15) is 18.0 Å². The lowest BCUT2D eigenvalue weighted by atomic mass is 9.81. The molecule has 0 aliphatic carbocycles. The summed E-state index contributed by atoms with van der Waals surface area (Å²) in [4.78, 5) is 30.5. The minimum absolute atomic E-state index is 0.207. The maximum Gasteiger partial charge on any atom is 0.573 e. The van der Waals surface area contributed by atoms with E-state index in [0.29, 0.717) is 23.4 Å². The predicted octanol–water partition coefficient (Wildman–Crippen LogP) is 4.69. The van der Waals surface area contributed by atoms with Crippen molar-refractivity contribution in [1.29, 1.82) is 0 Å². The zero-order chi connectivity index (χ0) is 26.5. The number of alkyl halides is 3. The van der Waals surface area contributed by atoms with Gasteiger partial charge in [-0.2, -0.15) is 0 Å². The van der Waals surface area contributed by atoms with Gasteiger partial charge in [-0.3, -0.25) is 19.6 Å². The van der Waals surface area contributed by atoms with Crippen molar-refractivity contribution in [1.82, 2.24) is 15.3 Å². The lowest BCUT2D eigenvalue weighted by molar-refractivity contribution is -0.274. The maximum atomic E-state index is 13.4. The fraction of sp³-hybridized carbons (Fsp3) is 0.154. The first kappa shape index (κ1) is 25.4. The molecular formula is C26H20F3N3O5. The number of hydrogen-bond donors (Lipinski definition) is 2. The van der Waals surface area contributed by atoms with E-state index < -0.39 is 17.8 Å². The van der Waals surface area contributed by atoms with Crippen molar-refractivity contribution in [2.45, 2.75) is 18.3 Å². The molecule has 0 spiro atoms. The lowest BCUT2D eigenvalue weighted by Gasteiger charge is -2.39. The lowest BCUT2D eigenvalue weighted by Crippen LogP contribution is -2.50. The van der Waals surface area contributed by atoms with Crippen molar-refractivity contribution < 1.29 is 37.3 Å². The molecule has 0 radical (unpaired) electrons. The Morgan fingerprint density at radius 2 is 1.76 bits per heavy atom. The number of carbonyl (C=O) groups excluding carboxylic acids is 1. The summed E-state index contributed by atoms with van der Waals surface area (Å²) >= 11 is 0. The van der Waals surface area contributed by atoms with Gasteiger partial charge in [-0.15, -0.1) is 13.2 Å². The van der Waals surface area contributed by atoms with Crippen LogP contribution in [0.5, 0.6) is 11.5 Å². The number of hydrogen-bond acceptors (Lipinski definition) is 6. The maximum absolute atomic E-state index is 13.4. The Bertz CT molecular complexity index is 1410. The SMILES string of the molecule is O=C(NC1(c2ccc(OC(F)(F)F)cc2)CCOc2cccnc21)c1cc2ccccc2cn1.O=CO. The van der Waals surface area contributed by atoms with Crippen molar-refractivity contribution >= 4 is 23.2 Å². The molecular weight excluding hydrogens is 491 g/mol. The van der Waals surface area contributed by atoms with Gasteiger partial charge in [-0.05, 0) is 41.3 Å². The number of benzene rings is 2. The number of nitrogens with one attached hydrogen (secondary N) is 1. The summed E-state index contributed by atoms with van der Waals surface area (Å²) in [5, 5.41) is 11.7. The highest BCUT2D eigenvalue weighted by Crippen LogP contribution is 2.41. The highest BCUT2D eigenvalue weighted by Gasteiger charge is 2.43. The summed E-state index contributed by atoms with van der Waals surface area (Å²) in [5.41, 5.74) is 0.0640. The molecule has 5 rings (SSSR count). The largest absolute Gasteiger partial charge is 0.573 e. The molecule has 4 aromatic rings. The molecule has 0 fully saturated rings. The van der Waals surface area contributed by atoms with E-state index >= 15 is 0 Å². The number of carboxylic acid groups (broad SMARTS) is 1. The van der Waals surface area contributed by atoms with Crippen LogP contribution in [0.4, 0.5) is 13.2 Å². The zero-order valence-electron chi connectivity index (χ0n) is 19.1. The van der Waals surface area contributed by atoms with Crippen LogP contribution in [0.2, 0.25) is 0 Å². The molecule has 37 heavy (non-hydrogen) atoms. The Balaban J connectivity index is 0.00000102. The molecule has 1 aliphatic rings. The second-order valence-corrected chi connectivity index (χ2v) is 7.90. The summed E-state index contributed by atoms with van der Waals surface area (Å²) in [5.74, 6) is -0.321. The zero-order valence-corrected chi connectivity index (χ0v) is 19.1. The van der Waals surface area contributed by atoms with Crippen molar-refractivity contribution in [3.05, 3.63) is 96.1 Å². The van der Waals surface area contributed by atoms with Gasteiger partial charge in [0.2, 0.25) is 0 Å². The van der Waals surface area contributed by atoms with Gasteiger partial charge in [-0.25, -0.2) is 0 Å². The number of amides is 1. The smallest absolute Gasteiger partial charge is 0.491 e. The summed E-state index contributed by atoms with van der Waals surface area (Å²) in [6.07, 6.45) is -1.29. The molecule has 2 aromatic carbocycles. The van der Waals surface area contributed by atoms with Crippen molar-refractivity contribution in [3.8, 4) is 11.5 Å². The number of carbonyl (C=O) groups is 2. The van der Waals surface area contributed by atoms with Crippen LogP contribution in [-0.2, 0) is 10.3 Å². The van der Waals surface area contributed by atoms with Crippen LogP contribution in [0.25, 0.3) is 10.8 Å². The highest BCUT2D eigenvalue weighted by molar-refractivity contribution is 5.97. The van der Waals surface area contributed by atoms with Crippen LogP contribution < -0.4 is 14.8 Å². The Kier molecular flexibility index (Phi) is 7.23. The first-order valence-electron chi connectivity index (χ1n) is 11.0. The van der Waals surface area contributed by atoms with E-state index in [1.165, 1.54) is 24.3 Å². The number of rotatable bonds is 4. The standard InChI is InChI=1S/C25H18F3N3O3.CH2O2/c26-25(27,28)34-19-9-7-18(8-10-19)24(11-13-33-21-6-3-12-29-22(21)24)31-23(32)20-14-16-4-1-2-5-17(16)15-30-20;2-1-3/h1-10,12,14-15H,11,13H2,(H,31,32);1H,(H,2,3). The normalized spacial score (nSPS) is 16.4. The number of nitrogens with zero attached hydrogens (tertiary/aromatic N) is 2. The third-order valence-corrected chi connectivity index (χ3v) is 5.68. The Morgan fingerprint density at radius 1 is 1.05 bits per heavy atom. The number of pyridine rings is 2. The topological polar surface area (TPSA) is 111 Å². The molecule has 3 heterocycles. The molecule has 0 bridgehead atoms. The Morgan fingerprint density at radius 3 is 2.46 bits per heavy atom. The first-order valence-corrected chi connectivity index (χ1v) is 11.0. The Hall–Kier alpha value is -4.67. The predicted molar refractivity (Wildman–Crippen MR) is 126 cm³/mol. The van der Waals surface area contributed by atoms with Crippen molar-refractivity contribution in [3.63, 3.8) is 0 Å². The minimum atomic E-state index is -4.80. The quantitative estimate of drug-likeness (QED) is 0.383. The second-order valence-electron chi connectivity index (χ2n) is 7.90.